The lowest BCUT2D eigenvalue weighted by Crippen LogP contribution is -2.21. The molecular formula is C31H30N6O3. The number of aryl methyl sites for hydroxylation is 1. The molecule has 1 fully saturated rings. The van der Waals surface area contributed by atoms with Gasteiger partial charge < -0.3 is 19.6 Å². The summed E-state index contributed by atoms with van der Waals surface area (Å²) in [6.45, 7) is 3.37. The van der Waals surface area contributed by atoms with Gasteiger partial charge in [0, 0.05) is 60.1 Å². The van der Waals surface area contributed by atoms with Crippen LogP contribution in [0.5, 0.6) is 5.88 Å². The first kappa shape index (κ1) is 25.5. The first-order valence-electron chi connectivity index (χ1n) is 13.4. The Balaban J connectivity index is 1.41. The van der Waals surface area contributed by atoms with Crippen molar-refractivity contribution in [2.75, 3.05) is 19.6 Å². The van der Waals surface area contributed by atoms with Crippen molar-refractivity contribution >= 4 is 28.0 Å². The Labute approximate surface area is 231 Å². The smallest absolute Gasteiger partial charge is 0.270 e. The number of rotatable bonds is 8. The minimum atomic E-state index is -0.435. The van der Waals surface area contributed by atoms with Crippen molar-refractivity contribution in [3.63, 3.8) is 0 Å². The normalized spacial score (nSPS) is 14.3. The van der Waals surface area contributed by atoms with E-state index in [0.29, 0.717) is 27.9 Å². The molecule has 9 nitrogen and oxygen atoms in total. The average Bonchev–Trinajstić information content (AvgIpc) is 3.71. The lowest BCUT2D eigenvalue weighted by molar-refractivity contribution is -0.384. The van der Waals surface area contributed by atoms with Crippen LogP contribution < -0.4 is 0 Å². The van der Waals surface area contributed by atoms with E-state index in [-0.39, 0.29) is 11.6 Å². The molecule has 0 radical (unpaired) electrons. The summed E-state index contributed by atoms with van der Waals surface area (Å²) < 4.78 is 1.95. The summed E-state index contributed by atoms with van der Waals surface area (Å²) in [6, 6.07) is 20.4. The van der Waals surface area contributed by atoms with Crippen molar-refractivity contribution in [1.82, 2.24) is 19.4 Å². The second-order valence-corrected chi connectivity index (χ2v) is 10.2. The number of aromatic nitrogens is 3. The second kappa shape index (κ2) is 10.8. The van der Waals surface area contributed by atoms with Crippen LogP contribution in [0, 0.1) is 10.1 Å². The fourth-order valence-corrected chi connectivity index (χ4v) is 5.36. The number of aromatic hydroxyl groups is 1. The first-order valence-corrected chi connectivity index (χ1v) is 13.4. The molecule has 0 bridgehead atoms. The first-order chi connectivity index (χ1) is 19.5. The summed E-state index contributed by atoms with van der Waals surface area (Å²) in [5, 5.41) is 23.1. The number of nitrogens with one attached hydrogen (secondary N) is 1. The molecule has 0 spiro atoms. The summed E-state index contributed by atoms with van der Waals surface area (Å²) in [5.74, 6) is 0.763. The monoisotopic (exact) mass is 534 g/mol. The van der Waals surface area contributed by atoms with Gasteiger partial charge in [0.25, 0.3) is 5.69 Å². The van der Waals surface area contributed by atoms with Gasteiger partial charge >= 0.3 is 0 Å². The van der Waals surface area contributed by atoms with Gasteiger partial charge in [-0.15, -0.1) is 0 Å². The fraction of sp³-hybridized carbons (Fsp3) is 0.226. The Hall–Kier alpha value is -4.76. The van der Waals surface area contributed by atoms with E-state index in [2.05, 4.69) is 27.0 Å². The summed E-state index contributed by atoms with van der Waals surface area (Å²) in [6.07, 6.45) is 7.16. The molecule has 0 saturated carbocycles. The van der Waals surface area contributed by atoms with E-state index in [1.54, 1.807) is 12.3 Å². The largest absolute Gasteiger partial charge is 0.494 e. The summed E-state index contributed by atoms with van der Waals surface area (Å²) in [7, 11) is 1.94. The van der Waals surface area contributed by atoms with Crippen LogP contribution in [0.2, 0.25) is 0 Å². The Morgan fingerprint density at radius 3 is 2.50 bits per heavy atom. The molecule has 1 saturated heterocycles. The number of likely N-dealkylation sites (tertiary alicyclic amines) is 1. The van der Waals surface area contributed by atoms with Gasteiger partial charge in [-0.3, -0.25) is 10.1 Å². The molecular weight excluding hydrogens is 504 g/mol. The molecule has 9 heteroatoms. The van der Waals surface area contributed by atoms with E-state index in [0.717, 1.165) is 29.9 Å². The van der Waals surface area contributed by atoms with E-state index in [1.807, 2.05) is 54.2 Å². The van der Waals surface area contributed by atoms with Gasteiger partial charge in [-0.1, -0.05) is 24.3 Å². The average molecular weight is 535 g/mol. The topological polar surface area (TPSA) is 113 Å². The van der Waals surface area contributed by atoms with Gasteiger partial charge in [-0.25, -0.2) is 9.98 Å². The predicted octanol–water partition coefficient (Wildman–Crippen LogP) is 5.99. The zero-order valence-electron chi connectivity index (χ0n) is 22.2. The maximum atomic E-state index is 11.5. The number of H-pyrrole nitrogens is 1. The molecule has 0 atom stereocenters. The molecule has 3 heterocycles. The van der Waals surface area contributed by atoms with Crippen LogP contribution in [-0.4, -0.2) is 54.8 Å². The number of nitro benzene ring substituents is 1. The van der Waals surface area contributed by atoms with Crippen LogP contribution in [0.3, 0.4) is 0 Å². The number of nitro groups is 1. The van der Waals surface area contributed by atoms with Gasteiger partial charge in [0.2, 0.25) is 0 Å². The standard InChI is InChI=1S/C31H30N6O3/c1-35-19-15-32-30(35)23-8-10-24(11-9-23)33-29(22-6-4-21(5-7-22)14-18-36-16-2-3-17-36)28-26-20-25(37(39)40)12-13-27(26)34-31(28)38/h4-13,15,19-20,34,38H,2-3,14,16-18H2,1H3. The highest BCUT2D eigenvalue weighted by molar-refractivity contribution is 6.22. The van der Waals surface area contributed by atoms with Crippen LogP contribution in [0.25, 0.3) is 22.3 Å². The van der Waals surface area contributed by atoms with E-state index in [9.17, 15) is 15.2 Å². The summed E-state index contributed by atoms with van der Waals surface area (Å²) >= 11 is 0. The second-order valence-electron chi connectivity index (χ2n) is 10.2. The molecule has 40 heavy (non-hydrogen) atoms. The number of aromatic amines is 1. The van der Waals surface area contributed by atoms with Crippen molar-refractivity contribution in [1.29, 1.82) is 0 Å². The Bertz CT molecular complexity index is 1690. The lowest BCUT2D eigenvalue weighted by atomic mass is 9.98. The number of aliphatic imine (C=N–C) groups is 1. The molecule has 0 aliphatic carbocycles. The van der Waals surface area contributed by atoms with Crippen LogP contribution in [0.15, 0.2) is 84.1 Å². The molecule has 5 aromatic rings. The molecule has 3 aromatic carbocycles. The molecule has 6 rings (SSSR count). The Kier molecular flexibility index (Phi) is 6.88. The van der Waals surface area contributed by atoms with E-state index >= 15 is 0 Å². The van der Waals surface area contributed by atoms with E-state index in [4.69, 9.17) is 4.99 Å². The number of non-ortho nitro benzene ring substituents is 1. The number of nitrogens with zero attached hydrogens (tertiary/aromatic N) is 5. The minimum Gasteiger partial charge on any atom is -0.494 e. The number of imidazole rings is 1. The highest BCUT2D eigenvalue weighted by atomic mass is 16.6. The van der Waals surface area contributed by atoms with Crippen molar-refractivity contribution in [3.05, 3.63) is 106 Å². The van der Waals surface area contributed by atoms with Crippen molar-refractivity contribution in [3.8, 4) is 17.3 Å². The molecule has 0 amide bonds. The Morgan fingerprint density at radius 1 is 1.07 bits per heavy atom. The Morgan fingerprint density at radius 2 is 1.82 bits per heavy atom. The van der Waals surface area contributed by atoms with Gasteiger partial charge in [0.1, 0.15) is 5.82 Å². The number of benzene rings is 3. The van der Waals surface area contributed by atoms with Crippen molar-refractivity contribution < 1.29 is 10.0 Å². The maximum absolute atomic E-state index is 11.5. The molecule has 2 N–H and O–H groups in total. The molecule has 1 aliphatic rings. The van der Waals surface area contributed by atoms with Crippen LogP contribution in [-0.2, 0) is 13.5 Å². The lowest BCUT2D eigenvalue weighted by Gasteiger charge is -2.14. The summed E-state index contributed by atoms with van der Waals surface area (Å²) in [5.41, 5.74) is 5.18. The highest BCUT2D eigenvalue weighted by Crippen LogP contribution is 2.34. The van der Waals surface area contributed by atoms with Crippen molar-refractivity contribution in [2.24, 2.45) is 12.0 Å². The van der Waals surface area contributed by atoms with Crippen LogP contribution in [0.4, 0.5) is 11.4 Å². The molecule has 202 valence electrons. The van der Waals surface area contributed by atoms with Crippen molar-refractivity contribution in [2.45, 2.75) is 19.3 Å². The van der Waals surface area contributed by atoms with Crippen LogP contribution >= 0.6 is 0 Å². The molecule has 0 unspecified atom stereocenters. The van der Waals surface area contributed by atoms with Crippen LogP contribution in [0.1, 0.15) is 29.5 Å². The quantitative estimate of drug-likeness (QED) is 0.144. The van der Waals surface area contributed by atoms with Gasteiger partial charge in [-0.05, 0) is 68.2 Å². The third-order valence-electron chi connectivity index (χ3n) is 7.54. The highest BCUT2D eigenvalue weighted by Gasteiger charge is 2.21. The fourth-order valence-electron chi connectivity index (χ4n) is 5.36. The number of hydrogen-bond acceptors (Lipinski definition) is 6. The maximum Gasteiger partial charge on any atom is 0.270 e. The zero-order valence-corrected chi connectivity index (χ0v) is 22.2. The van der Waals surface area contributed by atoms with Gasteiger partial charge in [0.15, 0.2) is 5.88 Å². The third-order valence-corrected chi connectivity index (χ3v) is 7.54. The predicted molar refractivity (Wildman–Crippen MR) is 156 cm³/mol. The zero-order chi connectivity index (χ0) is 27.6. The molecule has 1 aliphatic heterocycles. The molecule has 2 aromatic heterocycles. The minimum absolute atomic E-state index is 0.0521. The third kappa shape index (κ3) is 5.11. The van der Waals surface area contributed by atoms with E-state index < -0.39 is 4.92 Å². The summed E-state index contributed by atoms with van der Waals surface area (Å²) in [4.78, 5) is 25.9. The van der Waals surface area contributed by atoms with Gasteiger partial charge in [0.05, 0.1) is 21.9 Å². The number of fused-ring (bicyclic) bond motifs is 1. The van der Waals surface area contributed by atoms with Gasteiger partial charge in [-0.2, -0.15) is 0 Å². The van der Waals surface area contributed by atoms with E-state index in [1.165, 1.54) is 43.6 Å². The SMILES string of the molecule is Cn1ccnc1-c1ccc(N=C(c2ccc(CCN3CCCC3)cc2)c2c(O)[nH]c3ccc([N+](=O)[O-])cc23)cc1. The number of hydrogen-bond donors (Lipinski definition) is 2.